The summed E-state index contributed by atoms with van der Waals surface area (Å²) >= 11 is 0. The summed E-state index contributed by atoms with van der Waals surface area (Å²) in [7, 11) is 1.48. The molecule has 5 nitrogen and oxygen atoms in total. The van der Waals surface area contributed by atoms with Gasteiger partial charge in [0.2, 0.25) is 0 Å². The Kier molecular flexibility index (Phi) is 8.27. The first-order chi connectivity index (χ1) is 6.22. The zero-order valence-corrected chi connectivity index (χ0v) is 8.19. The number of aliphatic hydroxyl groups excluding tert-OH is 2. The lowest BCUT2D eigenvalue weighted by Gasteiger charge is -2.18. The van der Waals surface area contributed by atoms with Crippen LogP contribution in [-0.4, -0.2) is 56.0 Å². The fourth-order valence-corrected chi connectivity index (χ4v) is 0.856. The number of methoxy groups -OCH3 is 1. The minimum absolute atomic E-state index is 0.115. The third kappa shape index (κ3) is 6.92. The van der Waals surface area contributed by atoms with Crippen LogP contribution >= 0.6 is 0 Å². The molecule has 0 bridgehead atoms. The number of nitrogens with one attached hydrogen (secondary N) is 1. The predicted octanol–water partition coefficient (Wildman–Crippen LogP) is -1.06. The Morgan fingerprint density at radius 1 is 1.38 bits per heavy atom. The monoisotopic (exact) mass is 193 g/mol. The zero-order valence-electron chi connectivity index (χ0n) is 8.19. The van der Waals surface area contributed by atoms with Crippen LogP contribution in [0.3, 0.4) is 0 Å². The van der Waals surface area contributed by atoms with Crippen molar-refractivity contribution in [1.82, 2.24) is 5.32 Å². The maximum Gasteiger partial charge on any atom is 0.182 e. The second-order valence-corrected chi connectivity index (χ2v) is 2.69. The molecule has 0 rings (SSSR count). The average Bonchev–Trinajstić information content (AvgIpc) is 2.10. The molecule has 0 aromatic carbocycles. The first-order valence-electron chi connectivity index (χ1n) is 4.36. The first kappa shape index (κ1) is 12.8. The van der Waals surface area contributed by atoms with Gasteiger partial charge >= 0.3 is 0 Å². The number of hydrogen-bond donors (Lipinski definition) is 3. The van der Waals surface area contributed by atoms with Crippen LogP contribution < -0.4 is 5.32 Å². The lowest BCUT2D eigenvalue weighted by molar-refractivity contribution is -0.173. The third-order valence-corrected chi connectivity index (χ3v) is 1.48. The lowest BCUT2D eigenvalue weighted by atomic mass is 10.4. The summed E-state index contributed by atoms with van der Waals surface area (Å²) < 4.78 is 10.1. The van der Waals surface area contributed by atoms with E-state index in [0.717, 1.165) is 0 Å². The molecule has 0 radical (unpaired) electrons. The molecule has 3 N–H and O–H groups in total. The highest BCUT2D eigenvalue weighted by Gasteiger charge is 2.12. The lowest BCUT2D eigenvalue weighted by Crippen LogP contribution is -2.32. The number of rotatable bonds is 8. The van der Waals surface area contributed by atoms with Crippen molar-refractivity contribution in [2.75, 3.05) is 33.4 Å². The standard InChI is InChI=1S/C8H19NO4/c1-7(11)8(12-2)13-6-4-9-3-5-10/h7-11H,3-6H2,1-2H3/t7-,8+/m0/s1. The number of hydrogen-bond acceptors (Lipinski definition) is 5. The summed E-state index contributed by atoms with van der Waals surface area (Å²) in [6.07, 6.45) is -1.21. The summed E-state index contributed by atoms with van der Waals surface area (Å²) in [5.41, 5.74) is 0. The van der Waals surface area contributed by atoms with Crippen molar-refractivity contribution in [2.24, 2.45) is 0 Å². The number of ether oxygens (including phenoxy) is 2. The maximum atomic E-state index is 9.10. The molecule has 0 spiro atoms. The van der Waals surface area contributed by atoms with Gasteiger partial charge in [0.25, 0.3) is 0 Å². The van der Waals surface area contributed by atoms with Gasteiger partial charge in [-0.25, -0.2) is 0 Å². The van der Waals surface area contributed by atoms with E-state index in [1.54, 1.807) is 6.92 Å². The molecule has 0 unspecified atom stereocenters. The van der Waals surface area contributed by atoms with E-state index in [2.05, 4.69) is 5.32 Å². The van der Waals surface area contributed by atoms with Gasteiger partial charge in [0.1, 0.15) is 6.10 Å². The van der Waals surface area contributed by atoms with Crippen LogP contribution in [0.5, 0.6) is 0 Å². The van der Waals surface area contributed by atoms with Gasteiger partial charge in [0.15, 0.2) is 6.29 Å². The van der Waals surface area contributed by atoms with Gasteiger partial charge in [-0.15, -0.1) is 0 Å². The zero-order chi connectivity index (χ0) is 10.1. The molecule has 80 valence electrons. The molecule has 0 aliphatic carbocycles. The minimum Gasteiger partial charge on any atom is -0.395 e. The maximum absolute atomic E-state index is 9.10. The van der Waals surface area contributed by atoms with E-state index < -0.39 is 12.4 Å². The van der Waals surface area contributed by atoms with Gasteiger partial charge in [0.05, 0.1) is 13.2 Å². The average molecular weight is 193 g/mol. The molecular weight excluding hydrogens is 174 g/mol. The highest BCUT2D eigenvalue weighted by atomic mass is 16.7. The second-order valence-electron chi connectivity index (χ2n) is 2.69. The van der Waals surface area contributed by atoms with Gasteiger partial charge in [0, 0.05) is 20.2 Å². The topological polar surface area (TPSA) is 71.0 Å². The summed E-state index contributed by atoms with van der Waals surface area (Å²) in [6.45, 7) is 3.35. The Balaban J connectivity index is 3.28. The molecule has 0 saturated carbocycles. The van der Waals surface area contributed by atoms with Gasteiger partial charge in [-0.1, -0.05) is 0 Å². The minimum atomic E-state index is -0.636. The molecular formula is C8H19NO4. The Morgan fingerprint density at radius 2 is 2.08 bits per heavy atom. The molecule has 0 aromatic rings. The SMILES string of the molecule is CO[C@H](OCCNCCO)[C@H](C)O. The second kappa shape index (κ2) is 8.40. The van der Waals surface area contributed by atoms with E-state index in [1.165, 1.54) is 7.11 Å². The van der Waals surface area contributed by atoms with Crippen molar-refractivity contribution < 1.29 is 19.7 Å². The Morgan fingerprint density at radius 3 is 2.54 bits per heavy atom. The van der Waals surface area contributed by atoms with Gasteiger partial charge < -0.3 is 25.0 Å². The normalized spacial score (nSPS) is 15.7. The molecule has 13 heavy (non-hydrogen) atoms. The van der Waals surface area contributed by atoms with E-state index >= 15 is 0 Å². The van der Waals surface area contributed by atoms with Gasteiger partial charge in [-0.2, -0.15) is 0 Å². The van der Waals surface area contributed by atoms with Crippen LogP contribution in [0.25, 0.3) is 0 Å². The van der Waals surface area contributed by atoms with Crippen LogP contribution in [-0.2, 0) is 9.47 Å². The van der Waals surface area contributed by atoms with Crippen molar-refractivity contribution in [2.45, 2.75) is 19.3 Å². The van der Waals surface area contributed by atoms with Crippen LogP contribution in [0.1, 0.15) is 6.92 Å². The van der Waals surface area contributed by atoms with E-state index in [-0.39, 0.29) is 6.61 Å². The van der Waals surface area contributed by atoms with Crippen LogP contribution in [0.15, 0.2) is 0 Å². The summed E-state index contributed by atoms with van der Waals surface area (Å²) in [5.74, 6) is 0. The summed E-state index contributed by atoms with van der Waals surface area (Å²) in [5, 5.41) is 20.5. The number of aliphatic hydroxyl groups is 2. The van der Waals surface area contributed by atoms with Crippen molar-refractivity contribution in [3.63, 3.8) is 0 Å². The highest BCUT2D eigenvalue weighted by molar-refractivity contribution is 4.52. The largest absolute Gasteiger partial charge is 0.395 e. The fourth-order valence-electron chi connectivity index (χ4n) is 0.856. The highest BCUT2D eigenvalue weighted by Crippen LogP contribution is 1.98. The molecule has 0 saturated heterocycles. The molecule has 0 aliphatic heterocycles. The van der Waals surface area contributed by atoms with Crippen LogP contribution in [0, 0.1) is 0 Å². The molecule has 5 heteroatoms. The molecule has 0 amide bonds. The van der Waals surface area contributed by atoms with Crippen molar-refractivity contribution in [1.29, 1.82) is 0 Å². The van der Waals surface area contributed by atoms with Crippen LogP contribution in [0.2, 0.25) is 0 Å². The van der Waals surface area contributed by atoms with E-state index in [1.807, 2.05) is 0 Å². The van der Waals surface area contributed by atoms with E-state index in [0.29, 0.717) is 19.7 Å². The van der Waals surface area contributed by atoms with Crippen molar-refractivity contribution >= 4 is 0 Å². The van der Waals surface area contributed by atoms with Crippen molar-refractivity contribution in [3.05, 3.63) is 0 Å². The van der Waals surface area contributed by atoms with E-state index in [9.17, 15) is 0 Å². The van der Waals surface area contributed by atoms with Crippen molar-refractivity contribution in [3.8, 4) is 0 Å². The molecule has 0 aromatic heterocycles. The fraction of sp³-hybridized carbons (Fsp3) is 1.00. The molecule has 0 fully saturated rings. The Bertz CT molecular complexity index is 110. The molecule has 0 heterocycles. The van der Waals surface area contributed by atoms with Gasteiger partial charge in [-0.3, -0.25) is 0 Å². The Labute approximate surface area is 78.7 Å². The van der Waals surface area contributed by atoms with Crippen LogP contribution in [0.4, 0.5) is 0 Å². The Hall–Kier alpha value is -0.200. The van der Waals surface area contributed by atoms with E-state index in [4.69, 9.17) is 19.7 Å². The molecule has 2 atom stereocenters. The first-order valence-corrected chi connectivity index (χ1v) is 4.36. The van der Waals surface area contributed by atoms with Gasteiger partial charge in [-0.05, 0) is 6.92 Å². The third-order valence-electron chi connectivity index (χ3n) is 1.48. The summed E-state index contributed by atoms with van der Waals surface area (Å²) in [6, 6.07) is 0. The predicted molar refractivity (Wildman–Crippen MR) is 48.4 cm³/mol. The summed E-state index contributed by atoms with van der Waals surface area (Å²) in [4.78, 5) is 0. The smallest absolute Gasteiger partial charge is 0.182 e. The molecule has 0 aliphatic rings. The quantitative estimate of drug-likeness (QED) is 0.338.